The molecule has 0 unspecified atom stereocenters. The number of aryl methyl sites for hydroxylation is 1. The Bertz CT molecular complexity index is 709. The van der Waals surface area contributed by atoms with Gasteiger partial charge in [-0.05, 0) is 42.3 Å². The van der Waals surface area contributed by atoms with E-state index in [9.17, 15) is 9.59 Å². The molecule has 2 aromatic rings. The summed E-state index contributed by atoms with van der Waals surface area (Å²) >= 11 is 0. The zero-order valence-corrected chi connectivity index (χ0v) is 14.2. The summed E-state index contributed by atoms with van der Waals surface area (Å²) in [4.78, 5) is 25.5. The van der Waals surface area contributed by atoms with E-state index in [1.807, 2.05) is 24.3 Å². The van der Waals surface area contributed by atoms with Crippen LogP contribution in [0, 0.1) is 0 Å². The highest BCUT2D eigenvalue weighted by Crippen LogP contribution is 2.15. The van der Waals surface area contributed by atoms with Crippen molar-refractivity contribution >= 4 is 17.5 Å². The molecule has 0 aliphatic rings. The Morgan fingerprint density at radius 2 is 1.79 bits per heavy atom. The number of ether oxygens (including phenoxy) is 1. The molecule has 0 saturated heterocycles. The van der Waals surface area contributed by atoms with E-state index < -0.39 is 0 Å². The zero-order valence-electron chi connectivity index (χ0n) is 14.2. The summed E-state index contributed by atoms with van der Waals surface area (Å²) in [6, 6.07) is 14.6. The Hall–Kier alpha value is -2.82. The van der Waals surface area contributed by atoms with Crippen LogP contribution in [0.1, 0.15) is 22.3 Å². The molecule has 0 saturated carbocycles. The predicted molar refractivity (Wildman–Crippen MR) is 94.4 cm³/mol. The summed E-state index contributed by atoms with van der Waals surface area (Å²) in [5, 5.41) is 2.83. The molecule has 2 amide bonds. The molecule has 0 radical (unpaired) electrons. The molecule has 24 heavy (non-hydrogen) atoms. The number of nitrogens with zero attached hydrogens (tertiary/aromatic N) is 1. The van der Waals surface area contributed by atoms with Gasteiger partial charge in [0.1, 0.15) is 5.75 Å². The van der Waals surface area contributed by atoms with Crippen LogP contribution in [0.4, 0.5) is 5.69 Å². The lowest BCUT2D eigenvalue weighted by molar-refractivity contribution is -0.116. The smallest absolute Gasteiger partial charge is 0.253 e. The fraction of sp³-hybridized carbons (Fsp3) is 0.263. The highest BCUT2D eigenvalue weighted by Gasteiger charge is 2.09. The van der Waals surface area contributed by atoms with Crippen LogP contribution in [0.5, 0.6) is 5.75 Å². The lowest BCUT2D eigenvalue weighted by atomic mass is 10.1. The molecular weight excluding hydrogens is 304 g/mol. The monoisotopic (exact) mass is 326 g/mol. The van der Waals surface area contributed by atoms with Gasteiger partial charge in [0.25, 0.3) is 5.91 Å². The van der Waals surface area contributed by atoms with E-state index in [2.05, 4.69) is 5.32 Å². The first-order valence-electron chi connectivity index (χ1n) is 7.74. The first-order chi connectivity index (χ1) is 11.5. The van der Waals surface area contributed by atoms with Crippen molar-refractivity contribution in [2.24, 2.45) is 0 Å². The second kappa shape index (κ2) is 8.15. The molecule has 0 aliphatic carbocycles. The number of rotatable bonds is 6. The Kier molecular flexibility index (Phi) is 5.95. The number of carbonyl (C=O) groups excluding carboxylic acids is 2. The first-order valence-corrected chi connectivity index (χ1v) is 7.74. The average molecular weight is 326 g/mol. The lowest BCUT2D eigenvalue weighted by Crippen LogP contribution is -2.22. The van der Waals surface area contributed by atoms with Gasteiger partial charge in [0.2, 0.25) is 5.91 Å². The summed E-state index contributed by atoms with van der Waals surface area (Å²) in [6.07, 6.45) is 1.02. The molecule has 0 spiro atoms. The Morgan fingerprint density at radius 3 is 2.42 bits per heavy atom. The molecule has 126 valence electrons. The predicted octanol–water partition coefficient (Wildman–Crippen LogP) is 2.97. The van der Waals surface area contributed by atoms with Crippen molar-refractivity contribution in [2.45, 2.75) is 12.8 Å². The van der Waals surface area contributed by atoms with Gasteiger partial charge in [-0.3, -0.25) is 9.59 Å². The lowest BCUT2D eigenvalue weighted by Gasteiger charge is -2.11. The topological polar surface area (TPSA) is 58.6 Å². The summed E-state index contributed by atoms with van der Waals surface area (Å²) in [5.74, 6) is 0.621. The standard InChI is InChI=1S/C19H22N2O3/c1-21(2)19(23)15-5-4-6-16(13-15)20-18(22)12-9-14-7-10-17(24-3)11-8-14/h4-8,10-11,13H,9,12H2,1-3H3,(H,20,22). The summed E-state index contributed by atoms with van der Waals surface area (Å²) < 4.78 is 5.11. The number of amides is 2. The minimum absolute atomic E-state index is 0.0831. The first kappa shape index (κ1) is 17.5. The Morgan fingerprint density at radius 1 is 1.08 bits per heavy atom. The molecule has 0 atom stereocenters. The Labute approximate surface area is 142 Å². The van der Waals surface area contributed by atoms with Crippen LogP contribution < -0.4 is 10.1 Å². The van der Waals surface area contributed by atoms with Crippen LogP contribution >= 0.6 is 0 Å². The fourth-order valence-electron chi connectivity index (χ4n) is 2.26. The summed E-state index contributed by atoms with van der Waals surface area (Å²) in [7, 11) is 5.02. The van der Waals surface area contributed by atoms with Crippen molar-refractivity contribution in [1.82, 2.24) is 4.90 Å². The van der Waals surface area contributed by atoms with E-state index >= 15 is 0 Å². The molecule has 5 heteroatoms. The molecule has 0 aliphatic heterocycles. The van der Waals surface area contributed by atoms with E-state index in [4.69, 9.17) is 4.74 Å². The van der Waals surface area contributed by atoms with Crippen LogP contribution in [0.2, 0.25) is 0 Å². The second-order valence-electron chi connectivity index (χ2n) is 5.68. The average Bonchev–Trinajstić information content (AvgIpc) is 2.60. The van der Waals surface area contributed by atoms with E-state index in [0.717, 1.165) is 11.3 Å². The normalized spacial score (nSPS) is 10.1. The van der Waals surface area contributed by atoms with Crippen LogP contribution in [0.3, 0.4) is 0 Å². The minimum atomic E-state index is -0.0932. The quantitative estimate of drug-likeness (QED) is 0.888. The molecule has 0 aromatic heterocycles. The van der Waals surface area contributed by atoms with Gasteiger partial charge in [-0.1, -0.05) is 18.2 Å². The summed E-state index contributed by atoms with van der Waals surface area (Å²) in [5.41, 5.74) is 2.25. The van der Waals surface area contributed by atoms with Crippen LogP contribution in [0.25, 0.3) is 0 Å². The third-order valence-electron chi connectivity index (χ3n) is 3.60. The molecule has 1 N–H and O–H groups in total. The van der Waals surface area contributed by atoms with Crippen LogP contribution in [-0.2, 0) is 11.2 Å². The number of methoxy groups -OCH3 is 1. The molecule has 5 nitrogen and oxygen atoms in total. The molecule has 0 bridgehead atoms. The molecule has 2 rings (SSSR count). The van der Waals surface area contributed by atoms with Gasteiger partial charge < -0.3 is 15.0 Å². The van der Waals surface area contributed by atoms with Gasteiger partial charge in [-0.2, -0.15) is 0 Å². The van der Waals surface area contributed by atoms with Gasteiger partial charge in [0.15, 0.2) is 0 Å². The number of carbonyl (C=O) groups is 2. The SMILES string of the molecule is COc1ccc(CCC(=O)Nc2cccc(C(=O)N(C)C)c2)cc1. The molecule has 0 heterocycles. The Balaban J connectivity index is 1.92. The van der Waals surface area contributed by atoms with Crippen LogP contribution in [-0.4, -0.2) is 37.9 Å². The van der Waals surface area contributed by atoms with Gasteiger partial charge in [0, 0.05) is 31.8 Å². The molecule has 2 aromatic carbocycles. The van der Waals surface area contributed by atoms with Gasteiger partial charge in [-0.25, -0.2) is 0 Å². The second-order valence-corrected chi connectivity index (χ2v) is 5.68. The summed E-state index contributed by atoms with van der Waals surface area (Å²) in [6.45, 7) is 0. The maximum atomic E-state index is 12.1. The fourth-order valence-corrected chi connectivity index (χ4v) is 2.26. The number of hydrogen-bond donors (Lipinski definition) is 1. The van der Waals surface area contributed by atoms with Gasteiger partial charge >= 0.3 is 0 Å². The van der Waals surface area contributed by atoms with Crippen molar-refractivity contribution in [3.05, 3.63) is 59.7 Å². The highest BCUT2D eigenvalue weighted by atomic mass is 16.5. The van der Waals surface area contributed by atoms with Crippen molar-refractivity contribution < 1.29 is 14.3 Å². The third kappa shape index (κ3) is 4.84. The third-order valence-corrected chi connectivity index (χ3v) is 3.60. The van der Waals surface area contributed by atoms with Gasteiger partial charge in [0.05, 0.1) is 7.11 Å². The van der Waals surface area contributed by atoms with E-state index in [-0.39, 0.29) is 11.8 Å². The molecular formula is C19H22N2O3. The van der Waals surface area contributed by atoms with Crippen molar-refractivity contribution in [3.8, 4) is 5.75 Å². The number of anilines is 1. The highest BCUT2D eigenvalue weighted by molar-refractivity contribution is 5.97. The van der Waals surface area contributed by atoms with Gasteiger partial charge in [-0.15, -0.1) is 0 Å². The largest absolute Gasteiger partial charge is 0.497 e. The molecule has 0 fully saturated rings. The zero-order chi connectivity index (χ0) is 17.5. The maximum absolute atomic E-state index is 12.1. The van der Waals surface area contributed by atoms with Crippen molar-refractivity contribution in [2.75, 3.05) is 26.5 Å². The number of hydrogen-bond acceptors (Lipinski definition) is 3. The van der Waals surface area contributed by atoms with Crippen molar-refractivity contribution in [3.63, 3.8) is 0 Å². The van der Waals surface area contributed by atoms with E-state index in [1.165, 1.54) is 4.90 Å². The number of nitrogens with one attached hydrogen (secondary N) is 1. The minimum Gasteiger partial charge on any atom is -0.497 e. The van der Waals surface area contributed by atoms with Crippen molar-refractivity contribution in [1.29, 1.82) is 0 Å². The van der Waals surface area contributed by atoms with E-state index in [0.29, 0.717) is 24.1 Å². The van der Waals surface area contributed by atoms with Crippen LogP contribution in [0.15, 0.2) is 48.5 Å². The maximum Gasteiger partial charge on any atom is 0.253 e. The van der Waals surface area contributed by atoms with E-state index in [1.54, 1.807) is 45.5 Å². The number of benzene rings is 2.